The van der Waals surface area contributed by atoms with E-state index in [0.717, 1.165) is 12.7 Å². The number of rotatable bonds is 3. The Hall–Kier alpha value is -1.60. The first-order valence-electron chi connectivity index (χ1n) is 4.30. The van der Waals surface area contributed by atoms with Gasteiger partial charge in [-0.15, -0.1) is 4.28 Å². The average molecular weight is 245 g/mol. The minimum absolute atomic E-state index is 0.0468. The van der Waals surface area contributed by atoms with E-state index in [0.29, 0.717) is 0 Å². The number of amides is 1. The zero-order chi connectivity index (χ0) is 12.2. The molecule has 0 bridgehead atoms. The van der Waals surface area contributed by atoms with Gasteiger partial charge >= 0.3 is 16.2 Å². The SMILES string of the molecule is COC(=O)NOS(=O)(=O)c1ccc(C)cc1. The Balaban J connectivity index is 2.78. The molecule has 1 aromatic carbocycles. The molecule has 0 aliphatic carbocycles. The van der Waals surface area contributed by atoms with E-state index in [-0.39, 0.29) is 4.90 Å². The van der Waals surface area contributed by atoms with Crippen molar-refractivity contribution >= 4 is 16.2 Å². The van der Waals surface area contributed by atoms with E-state index in [1.54, 1.807) is 17.6 Å². The molecule has 1 N–H and O–H groups in total. The lowest BCUT2D eigenvalue weighted by atomic mass is 10.2. The summed E-state index contributed by atoms with van der Waals surface area (Å²) in [4.78, 5) is 10.6. The van der Waals surface area contributed by atoms with Crippen LogP contribution in [0.3, 0.4) is 0 Å². The highest BCUT2D eigenvalue weighted by atomic mass is 32.2. The number of ether oxygens (including phenoxy) is 1. The maximum atomic E-state index is 11.5. The first-order valence-corrected chi connectivity index (χ1v) is 5.70. The fourth-order valence-corrected chi connectivity index (χ4v) is 1.63. The van der Waals surface area contributed by atoms with Crippen LogP contribution < -0.4 is 5.48 Å². The molecule has 0 spiro atoms. The summed E-state index contributed by atoms with van der Waals surface area (Å²) in [6.45, 7) is 1.82. The molecule has 0 aliphatic rings. The van der Waals surface area contributed by atoms with E-state index in [4.69, 9.17) is 0 Å². The van der Waals surface area contributed by atoms with Gasteiger partial charge in [0.25, 0.3) is 0 Å². The van der Waals surface area contributed by atoms with Gasteiger partial charge in [-0.25, -0.2) is 4.79 Å². The molecule has 0 fully saturated rings. The molecule has 16 heavy (non-hydrogen) atoms. The quantitative estimate of drug-likeness (QED) is 0.802. The molecule has 1 aromatic rings. The Labute approximate surface area is 93.3 Å². The third kappa shape index (κ3) is 3.21. The van der Waals surface area contributed by atoms with Crippen LogP contribution in [0, 0.1) is 6.92 Å². The lowest BCUT2D eigenvalue weighted by molar-refractivity contribution is 0.121. The second-order valence-corrected chi connectivity index (χ2v) is 4.49. The number of hydrogen-bond donors (Lipinski definition) is 1. The molecule has 88 valence electrons. The maximum absolute atomic E-state index is 11.5. The maximum Gasteiger partial charge on any atom is 0.432 e. The van der Waals surface area contributed by atoms with Crippen LogP contribution in [0.5, 0.6) is 0 Å². The third-order valence-corrected chi connectivity index (χ3v) is 2.88. The molecule has 0 unspecified atom stereocenters. The fraction of sp³-hybridized carbons (Fsp3) is 0.222. The van der Waals surface area contributed by atoms with E-state index >= 15 is 0 Å². The highest BCUT2D eigenvalue weighted by molar-refractivity contribution is 7.86. The Bertz CT molecular complexity index is 465. The zero-order valence-electron chi connectivity index (χ0n) is 8.76. The largest absolute Gasteiger partial charge is 0.451 e. The van der Waals surface area contributed by atoms with Crippen molar-refractivity contribution in [2.24, 2.45) is 0 Å². The van der Waals surface area contributed by atoms with Gasteiger partial charge in [-0.2, -0.15) is 13.9 Å². The number of hydrogen-bond acceptors (Lipinski definition) is 5. The van der Waals surface area contributed by atoms with Crippen molar-refractivity contribution in [2.75, 3.05) is 7.11 Å². The van der Waals surface area contributed by atoms with Crippen LogP contribution in [-0.4, -0.2) is 21.6 Å². The predicted octanol–water partition coefficient (Wildman–Crippen LogP) is 0.971. The summed E-state index contributed by atoms with van der Waals surface area (Å²) in [5.74, 6) is 0. The Morgan fingerprint density at radius 2 is 1.81 bits per heavy atom. The number of carbonyl (C=O) groups excluding carboxylic acids is 1. The normalized spacial score (nSPS) is 10.9. The van der Waals surface area contributed by atoms with Gasteiger partial charge in [0.1, 0.15) is 0 Å². The summed E-state index contributed by atoms with van der Waals surface area (Å²) in [6, 6.07) is 6.00. The minimum Gasteiger partial charge on any atom is -0.451 e. The zero-order valence-corrected chi connectivity index (χ0v) is 9.58. The highest BCUT2D eigenvalue weighted by Gasteiger charge is 2.16. The van der Waals surface area contributed by atoms with E-state index in [1.165, 1.54) is 12.1 Å². The van der Waals surface area contributed by atoms with Crippen molar-refractivity contribution in [3.05, 3.63) is 29.8 Å². The van der Waals surface area contributed by atoms with Gasteiger partial charge in [0, 0.05) is 0 Å². The van der Waals surface area contributed by atoms with Crippen LogP contribution in [0.4, 0.5) is 4.79 Å². The van der Waals surface area contributed by atoms with Crippen molar-refractivity contribution in [3.8, 4) is 0 Å². The molecule has 0 heterocycles. The fourth-order valence-electron chi connectivity index (χ4n) is 0.884. The molecule has 0 atom stereocenters. The lowest BCUT2D eigenvalue weighted by Gasteiger charge is -2.05. The molecule has 7 heteroatoms. The summed E-state index contributed by atoms with van der Waals surface area (Å²) in [6.07, 6.45) is -0.990. The van der Waals surface area contributed by atoms with Crippen LogP contribution in [0.25, 0.3) is 0 Å². The number of aryl methyl sites for hydroxylation is 1. The van der Waals surface area contributed by atoms with Gasteiger partial charge in [-0.05, 0) is 19.1 Å². The van der Waals surface area contributed by atoms with Crippen molar-refractivity contribution in [1.29, 1.82) is 0 Å². The van der Waals surface area contributed by atoms with Crippen LogP contribution in [0.2, 0.25) is 0 Å². The third-order valence-electron chi connectivity index (χ3n) is 1.73. The van der Waals surface area contributed by atoms with E-state index in [9.17, 15) is 13.2 Å². The van der Waals surface area contributed by atoms with Crippen LogP contribution in [0.15, 0.2) is 29.2 Å². The van der Waals surface area contributed by atoms with Crippen molar-refractivity contribution < 1.29 is 22.2 Å². The molecular weight excluding hydrogens is 234 g/mol. The summed E-state index contributed by atoms with van der Waals surface area (Å²) in [5.41, 5.74) is 2.55. The highest BCUT2D eigenvalue weighted by Crippen LogP contribution is 2.11. The Morgan fingerprint density at radius 1 is 1.25 bits per heavy atom. The van der Waals surface area contributed by atoms with Crippen molar-refractivity contribution in [2.45, 2.75) is 11.8 Å². The number of nitrogens with one attached hydrogen (secondary N) is 1. The molecule has 0 saturated carbocycles. The minimum atomic E-state index is -3.99. The summed E-state index contributed by atoms with van der Waals surface area (Å²) < 4.78 is 31.4. The van der Waals surface area contributed by atoms with Crippen molar-refractivity contribution in [3.63, 3.8) is 0 Å². The van der Waals surface area contributed by atoms with Gasteiger partial charge < -0.3 is 4.74 Å². The Morgan fingerprint density at radius 3 is 2.31 bits per heavy atom. The lowest BCUT2D eigenvalue weighted by Crippen LogP contribution is -2.26. The summed E-state index contributed by atoms with van der Waals surface area (Å²) in [7, 11) is -2.90. The molecular formula is C9H11NO5S. The molecule has 0 saturated heterocycles. The standard InChI is InChI=1S/C9H11NO5S/c1-7-3-5-8(6-4-7)16(12,13)15-10-9(11)14-2/h3-6H,1-2H3,(H,10,11). The number of benzene rings is 1. The second-order valence-electron chi connectivity index (χ2n) is 2.94. The van der Waals surface area contributed by atoms with Gasteiger partial charge in [-0.1, -0.05) is 17.7 Å². The molecule has 6 nitrogen and oxygen atoms in total. The number of methoxy groups -OCH3 is 1. The van der Waals surface area contributed by atoms with Crippen LogP contribution >= 0.6 is 0 Å². The van der Waals surface area contributed by atoms with Crippen LogP contribution in [0.1, 0.15) is 5.56 Å². The van der Waals surface area contributed by atoms with Gasteiger partial charge in [-0.3, -0.25) is 0 Å². The summed E-state index contributed by atoms with van der Waals surface area (Å²) in [5, 5.41) is 0. The van der Waals surface area contributed by atoms with Crippen molar-refractivity contribution in [1.82, 2.24) is 5.48 Å². The number of hydroxylamine groups is 1. The molecule has 1 amide bonds. The first kappa shape index (κ1) is 12.5. The predicted molar refractivity (Wildman–Crippen MR) is 55.0 cm³/mol. The molecule has 1 rings (SSSR count). The molecule has 0 radical (unpaired) electrons. The van der Waals surface area contributed by atoms with Gasteiger partial charge in [0.2, 0.25) is 0 Å². The Kier molecular flexibility index (Phi) is 3.86. The first-order chi connectivity index (χ1) is 7.45. The smallest absolute Gasteiger partial charge is 0.432 e. The van der Waals surface area contributed by atoms with E-state index in [1.807, 2.05) is 6.92 Å². The average Bonchev–Trinajstić information content (AvgIpc) is 2.26. The van der Waals surface area contributed by atoms with Gasteiger partial charge in [0.05, 0.1) is 12.0 Å². The second kappa shape index (κ2) is 4.95. The molecule has 0 aliphatic heterocycles. The van der Waals surface area contributed by atoms with Crippen LogP contribution in [-0.2, 0) is 19.1 Å². The van der Waals surface area contributed by atoms with E-state index in [2.05, 4.69) is 9.02 Å². The van der Waals surface area contributed by atoms with Gasteiger partial charge in [0.15, 0.2) is 0 Å². The summed E-state index contributed by atoms with van der Waals surface area (Å²) >= 11 is 0. The molecule has 0 aromatic heterocycles. The van der Waals surface area contributed by atoms with E-state index < -0.39 is 16.2 Å². The topological polar surface area (TPSA) is 81.7 Å². The number of carbonyl (C=O) groups is 1. The monoisotopic (exact) mass is 245 g/mol.